The number of hydrogen-bond acceptors (Lipinski definition) is 3. The molecule has 3 rings (SSSR count). The van der Waals surface area contributed by atoms with Crippen LogP contribution in [0.25, 0.3) is 0 Å². The smallest absolute Gasteiger partial charge is 0.182 e. The summed E-state index contributed by atoms with van der Waals surface area (Å²) >= 11 is 0. The van der Waals surface area contributed by atoms with Gasteiger partial charge in [0, 0.05) is 5.56 Å². The van der Waals surface area contributed by atoms with Crippen LogP contribution in [0.3, 0.4) is 0 Å². The lowest BCUT2D eigenvalue weighted by molar-refractivity contribution is 0.0948. The molecule has 3 nitrogen and oxygen atoms in total. The van der Waals surface area contributed by atoms with Crippen LogP contribution in [-0.2, 0) is 0 Å². The molecular weight excluding hydrogens is 202 g/mol. The van der Waals surface area contributed by atoms with Crippen LogP contribution in [0, 0.1) is 0 Å². The molecule has 1 aromatic carbocycles. The van der Waals surface area contributed by atoms with Crippen molar-refractivity contribution in [3.8, 4) is 5.75 Å². The van der Waals surface area contributed by atoms with Crippen LogP contribution in [0.1, 0.15) is 36.0 Å². The molecule has 2 aliphatic rings. The van der Waals surface area contributed by atoms with Crippen LogP contribution in [0.5, 0.6) is 5.75 Å². The first-order chi connectivity index (χ1) is 7.67. The van der Waals surface area contributed by atoms with E-state index in [-0.39, 0.29) is 5.78 Å². The molecule has 0 heterocycles. The molecule has 3 heteroatoms. The third kappa shape index (κ3) is 1.83. The quantitative estimate of drug-likeness (QED) is 0.784. The number of rotatable bonds is 4. The summed E-state index contributed by atoms with van der Waals surface area (Å²) in [6.07, 6.45) is 4.22. The number of Topliss-reactive ketones (excluding diaryl/α,β-unsaturated/α-hetero) is 1. The van der Waals surface area contributed by atoms with Crippen molar-refractivity contribution in [3.63, 3.8) is 0 Å². The van der Waals surface area contributed by atoms with E-state index in [2.05, 4.69) is 0 Å². The largest absolute Gasteiger partial charge is 0.490 e. The maximum atomic E-state index is 12.0. The Morgan fingerprint density at radius 2 is 2.12 bits per heavy atom. The van der Waals surface area contributed by atoms with E-state index in [1.165, 1.54) is 0 Å². The second-order valence-corrected chi connectivity index (χ2v) is 4.83. The number of ketones is 1. The Kier molecular flexibility index (Phi) is 2.04. The molecule has 0 aliphatic heterocycles. The van der Waals surface area contributed by atoms with Crippen LogP contribution >= 0.6 is 0 Å². The highest BCUT2D eigenvalue weighted by Crippen LogP contribution is 2.36. The molecule has 0 bridgehead atoms. The van der Waals surface area contributed by atoms with Gasteiger partial charge in [0.2, 0.25) is 0 Å². The summed E-state index contributed by atoms with van der Waals surface area (Å²) in [5, 5.41) is 0. The van der Waals surface area contributed by atoms with Crippen molar-refractivity contribution in [1.82, 2.24) is 0 Å². The van der Waals surface area contributed by atoms with E-state index in [9.17, 15) is 4.79 Å². The Balaban J connectivity index is 1.80. The second kappa shape index (κ2) is 3.32. The number of carbonyl (C=O) groups excluding carboxylic acids is 1. The molecule has 0 aromatic heterocycles. The van der Waals surface area contributed by atoms with E-state index in [0.717, 1.165) is 31.4 Å². The van der Waals surface area contributed by atoms with E-state index in [1.807, 2.05) is 24.3 Å². The highest BCUT2D eigenvalue weighted by molar-refractivity contribution is 6.05. The summed E-state index contributed by atoms with van der Waals surface area (Å²) in [4.78, 5) is 12.0. The van der Waals surface area contributed by atoms with E-state index >= 15 is 0 Å². The summed E-state index contributed by atoms with van der Waals surface area (Å²) in [6.45, 7) is 0. The fraction of sp³-hybridized carbons (Fsp3) is 0.462. The van der Waals surface area contributed by atoms with Gasteiger partial charge >= 0.3 is 0 Å². The fourth-order valence-electron chi connectivity index (χ4n) is 1.74. The topological polar surface area (TPSA) is 52.3 Å². The zero-order valence-corrected chi connectivity index (χ0v) is 9.11. The van der Waals surface area contributed by atoms with Gasteiger partial charge in [-0.1, -0.05) is 12.1 Å². The first-order valence-corrected chi connectivity index (χ1v) is 5.78. The molecule has 0 amide bonds. The Labute approximate surface area is 94.6 Å². The summed E-state index contributed by atoms with van der Waals surface area (Å²) in [5.74, 6) is 0.839. The normalized spacial score (nSPS) is 21.6. The summed E-state index contributed by atoms with van der Waals surface area (Å²) in [7, 11) is 0. The summed E-state index contributed by atoms with van der Waals surface area (Å²) < 4.78 is 5.66. The molecule has 0 saturated heterocycles. The molecule has 2 N–H and O–H groups in total. The molecule has 0 spiro atoms. The fourth-order valence-corrected chi connectivity index (χ4v) is 1.74. The molecule has 0 atom stereocenters. The van der Waals surface area contributed by atoms with Gasteiger partial charge < -0.3 is 10.5 Å². The third-order valence-electron chi connectivity index (χ3n) is 3.16. The highest BCUT2D eigenvalue weighted by Gasteiger charge is 2.46. The Morgan fingerprint density at radius 3 is 2.75 bits per heavy atom. The van der Waals surface area contributed by atoms with Crippen molar-refractivity contribution in [2.75, 3.05) is 0 Å². The lowest BCUT2D eigenvalue weighted by Crippen LogP contribution is -2.32. The van der Waals surface area contributed by atoms with E-state index in [1.54, 1.807) is 0 Å². The van der Waals surface area contributed by atoms with Crippen molar-refractivity contribution >= 4 is 5.78 Å². The van der Waals surface area contributed by atoms with Crippen molar-refractivity contribution < 1.29 is 9.53 Å². The molecule has 0 unspecified atom stereocenters. The van der Waals surface area contributed by atoms with Crippen LogP contribution in [0.15, 0.2) is 24.3 Å². The molecule has 0 radical (unpaired) electrons. The lowest BCUT2D eigenvalue weighted by atomic mass is 10.0. The van der Waals surface area contributed by atoms with Crippen molar-refractivity contribution in [2.24, 2.45) is 5.73 Å². The van der Waals surface area contributed by atoms with Crippen LogP contribution in [0.4, 0.5) is 0 Å². The predicted molar refractivity (Wildman–Crippen MR) is 60.6 cm³/mol. The first kappa shape index (κ1) is 9.85. The minimum Gasteiger partial charge on any atom is -0.490 e. The number of nitrogens with two attached hydrogens (primary N) is 1. The number of benzene rings is 1. The first-order valence-electron chi connectivity index (χ1n) is 5.78. The molecule has 84 valence electrons. The standard InChI is InChI=1S/C13H15NO2/c14-13(6-7-13)12(15)9-2-1-3-11(8-9)16-10-4-5-10/h1-3,8,10H,4-7,14H2. The van der Waals surface area contributed by atoms with Gasteiger partial charge in [0.05, 0.1) is 11.6 Å². The maximum absolute atomic E-state index is 12.0. The second-order valence-electron chi connectivity index (χ2n) is 4.83. The minimum atomic E-state index is -0.585. The minimum absolute atomic E-state index is 0.0498. The van der Waals surface area contributed by atoms with Gasteiger partial charge in [0.1, 0.15) is 5.75 Å². The monoisotopic (exact) mass is 217 g/mol. The maximum Gasteiger partial charge on any atom is 0.182 e. The van der Waals surface area contributed by atoms with Crippen molar-refractivity contribution in [2.45, 2.75) is 37.3 Å². The number of hydrogen-bond donors (Lipinski definition) is 1. The lowest BCUT2D eigenvalue weighted by Gasteiger charge is -2.09. The number of ether oxygens (including phenoxy) is 1. The van der Waals surface area contributed by atoms with Crippen LogP contribution < -0.4 is 10.5 Å². The van der Waals surface area contributed by atoms with Gasteiger partial charge in [-0.3, -0.25) is 4.79 Å². The van der Waals surface area contributed by atoms with Gasteiger partial charge in [-0.2, -0.15) is 0 Å². The molecule has 2 saturated carbocycles. The third-order valence-corrected chi connectivity index (χ3v) is 3.16. The van der Waals surface area contributed by atoms with Crippen molar-refractivity contribution in [3.05, 3.63) is 29.8 Å². The molecule has 1 aromatic rings. The average Bonchev–Trinajstić information content (AvgIpc) is 3.17. The SMILES string of the molecule is NC1(C(=O)c2cccc(OC3CC3)c2)CC1. The van der Waals surface area contributed by atoms with Crippen LogP contribution in [-0.4, -0.2) is 17.4 Å². The molecule has 16 heavy (non-hydrogen) atoms. The molecular formula is C13H15NO2. The van der Waals surface area contributed by atoms with Crippen LogP contribution in [0.2, 0.25) is 0 Å². The Hall–Kier alpha value is -1.35. The van der Waals surface area contributed by atoms with Gasteiger partial charge in [0.15, 0.2) is 5.78 Å². The highest BCUT2D eigenvalue weighted by atomic mass is 16.5. The van der Waals surface area contributed by atoms with Gasteiger partial charge in [-0.15, -0.1) is 0 Å². The van der Waals surface area contributed by atoms with E-state index in [4.69, 9.17) is 10.5 Å². The van der Waals surface area contributed by atoms with Gasteiger partial charge in [-0.05, 0) is 37.8 Å². The average molecular weight is 217 g/mol. The zero-order chi connectivity index (χ0) is 11.2. The molecule has 2 aliphatic carbocycles. The summed E-state index contributed by atoms with van der Waals surface area (Å²) in [5.41, 5.74) is 5.99. The van der Waals surface area contributed by atoms with E-state index in [0.29, 0.717) is 11.7 Å². The van der Waals surface area contributed by atoms with Gasteiger partial charge in [0.25, 0.3) is 0 Å². The number of carbonyl (C=O) groups is 1. The van der Waals surface area contributed by atoms with E-state index < -0.39 is 5.54 Å². The zero-order valence-electron chi connectivity index (χ0n) is 9.11. The Bertz CT molecular complexity index is 433. The van der Waals surface area contributed by atoms with Gasteiger partial charge in [-0.25, -0.2) is 0 Å². The summed E-state index contributed by atoms with van der Waals surface area (Å²) in [6, 6.07) is 7.38. The molecule has 2 fully saturated rings. The Morgan fingerprint density at radius 1 is 1.38 bits per heavy atom. The van der Waals surface area contributed by atoms with Crippen molar-refractivity contribution in [1.29, 1.82) is 0 Å². The predicted octanol–water partition coefficient (Wildman–Crippen LogP) is 1.90.